The van der Waals surface area contributed by atoms with Crippen molar-refractivity contribution < 1.29 is 14.3 Å². The van der Waals surface area contributed by atoms with Crippen molar-refractivity contribution in [2.75, 3.05) is 39.5 Å². The van der Waals surface area contributed by atoms with Crippen molar-refractivity contribution in [3.8, 4) is 5.75 Å². The van der Waals surface area contributed by atoms with Crippen molar-refractivity contribution in [2.45, 2.75) is 0 Å². The Morgan fingerprint density at radius 3 is 2.45 bits per heavy atom. The van der Waals surface area contributed by atoms with Crippen LogP contribution < -0.4 is 4.74 Å². The molecule has 0 atom stereocenters. The molecule has 1 fully saturated rings. The molecule has 0 amide bonds. The number of nitrogens with zero attached hydrogens (tertiary/aromatic N) is 3. The molecule has 6 nitrogen and oxygen atoms in total. The van der Waals surface area contributed by atoms with Gasteiger partial charge in [-0.2, -0.15) is 0 Å². The number of morpholine rings is 1. The Kier molecular flexibility index (Phi) is 5.56. The highest BCUT2D eigenvalue weighted by molar-refractivity contribution is 6.41. The molecule has 2 heterocycles. The largest absolute Gasteiger partial charge is 0.492 e. The number of carbonyl (C=O) groups is 1. The molecule has 3 aromatic rings. The third-order valence-corrected chi connectivity index (χ3v) is 5.67. The first-order chi connectivity index (χ1) is 15.3. The van der Waals surface area contributed by atoms with Gasteiger partial charge in [-0.25, -0.2) is 9.97 Å². The van der Waals surface area contributed by atoms with E-state index in [0.717, 1.165) is 55.1 Å². The minimum atomic E-state index is -0.0257. The number of ether oxygens (including phenoxy) is 2. The zero-order valence-electron chi connectivity index (χ0n) is 17.2. The quantitative estimate of drug-likeness (QED) is 0.618. The summed E-state index contributed by atoms with van der Waals surface area (Å²) in [7, 11) is 0. The number of allylic oxidation sites excluding steroid dienone is 1. The Morgan fingerprint density at radius 2 is 1.68 bits per heavy atom. The van der Waals surface area contributed by atoms with E-state index in [9.17, 15) is 4.79 Å². The first-order valence-electron chi connectivity index (χ1n) is 10.5. The van der Waals surface area contributed by atoms with Gasteiger partial charge in [-0.05, 0) is 29.3 Å². The van der Waals surface area contributed by atoms with Gasteiger partial charge in [0.05, 0.1) is 13.2 Å². The molecule has 0 saturated carbocycles. The average molecular weight is 413 g/mol. The topological polar surface area (TPSA) is 64.5 Å². The van der Waals surface area contributed by atoms with Gasteiger partial charge in [-0.15, -0.1) is 0 Å². The molecule has 2 aromatic carbocycles. The summed E-state index contributed by atoms with van der Waals surface area (Å²) in [6.45, 7) is 4.82. The SMILES string of the molecule is O=C1C(c2cncnc2)=C(c2ccccc2)c2ccc(OCCN3CCOCC3)cc21. The Morgan fingerprint density at radius 1 is 0.903 bits per heavy atom. The van der Waals surface area contributed by atoms with Gasteiger partial charge >= 0.3 is 0 Å². The third kappa shape index (κ3) is 4.00. The van der Waals surface area contributed by atoms with Crippen molar-refractivity contribution in [2.24, 2.45) is 0 Å². The van der Waals surface area contributed by atoms with Crippen LogP contribution >= 0.6 is 0 Å². The lowest BCUT2D eigenvalue weighted by Gasteiger charge is -2.26. The highest BCUT2D eigenvalue weighted by Gasteiger charge is 2.32. The van der Waals surface area contributed by atoms with Crippen LogP contribution in [0.2, 0.25) is 0 Å². The minimum absolute atomic E-state index is 0.0257. The van der Waals surface area contributed by atoms with Gasteiger partial charge in [0, 0.05) is 54.3 Å². The van der Waals surface area contributed by atoms with E-state index in [2.05, 4.69) is 14.9 Å². The zero-order valence-corrected chi connectivity index (χ0v) is 17.2. The second kappa shape index (κ2) is 8.79. The van der Waals surface area contributed by atoms with E-state index in [1.807, 2.05) is 48.5 Å². The average Bonchev–Trinajstić information content (AvgIpc) is 3.13. The van der Waals surface area contributed by atoms with Crippen LogP contribution in [0.4, 0.5) is 0 Å². The van der Waals surface area contributed by atoms with Crippen molar-refractivity contribution in [3.63, 3.8) is 0 Å². The highest BCUT2D eigenvalue weighted by Crippen LogP contribution is 2.42. The summed E-state index contributed by atoms with van der Waals surface area (Å²) >= 11 is 0. The Hall–Kier alpha value is -3.35. The summed E-state index contributed by atoms with van der Waals surface area (Å²) < 4.78 is 11.4. The van der Waals surface area contributed by atoms with Gasteiger partial charge in [0.25, 0.3) is 0 Å². The molecule has 0 radical (unpaired) electrons. The van der Waals surface area contributed by atoms with Gasteiger partial charge in [0.15, 0.2) is 5.78 Å². The standard InChI is InChI=1S/C25H23N3O3/c29-25-22-14-20(31-13-10-28-8-11-30-12-9-28)6-7-21(22)23(18-4-2-1-3-5-18)24(25)19-15-26-17-27-16-19/h1-7,14-17H,8-13H2. The fourth-order valence-electron chi connectivity index (χ4n) is 4.13. The lowest BCUT2D eigenvalue weighted by atomic mass is 9.95. The normalized spacial score (nSPS) is 16.5. The molecule has 0 spiro atoms. The van der Waals surface area contributed by atoms with Crippen LogP contribution in [0.5, 0.6) is 5.75 Å². The number of ketones is 1. The molecule has 31 heavy (non-hydrogen) atoms. The number of rotatable bonds is 6. The number of aromatic nitrogens is 2. The van der Waals surface area contributed by atoms with Crippen molar-refractivity contribution in [3.05, 3.63) is 89.5 Å². The molecular formula is C25H23N3O3. The molecule has 1 saturated heterocycles. The fourth-order valence-corrected chi connectivity index (χ4v) is 4.13. The lowest BCUT2D eigenvalue weighted by molar-refractivity contribution is 0.0322. The maximum atomic E-state index is 13.5. The van der Waals surface area contributed by atoms with Crippen LogP contribution in [-0.2, 0) is 4.74 Å². The smallest absolute Gasteiger partial charge is 0.195 e. The number of fused-ring (bicyclic) bond motifs is 1. The van der Waals surface area contributed by atoms with Gasteiger partial charge in [0.2, 0.25) is 0 Å². The second-order valence-electron chi connectivity index (χ2n) is 7.58. The predicted molar refractivity (Wildman–Crippen MR) is 118 cm³/mol. The number of hydrogen-bond acceptors (Lipinski definition) is 6. The van der Waals surface area contributed by atoms with Crippen molar-refractivity contribution >= 4 is 16.9 Å². The highest BCUT2D eigenvalue weighted by atomic mass is 16.5. The van der Waals surface area contributed by atoms with Crippen molar-refractivity contribution in [1.29, 1.82) is 0 Å². The number of hydrogen-bond donors (Lipinski definition) is 0. The first-order valence-corrected chi connectivity index (χ1v) is 10.5. The molecule has 2 aliphatic rings. The molecule has 5 rings (SSSR count). The van der Waals surface area contributed by atoms with Crippen LogP contribution in [0, 0.1) is 0 Å². The van der Waals surface area contributed by atoms with Crippen LogP contribution in [0.3, 0.4) is 0 Å². The fraction of sp³-hybridized carbons (Fsp3) is 0.240. The van der Waals surface area contributed by atoms with Gasteiger partial charge in [-0.1, -0.05) is 30.3 Å². The summed E-state index contributed by atoms with van der Waals surface area (Å²) in [4.78, 5) is 24.0. The molecule has 0 unspecified atom stereocenters. The molecular weight excluding hydrogens is 390 g/mol. The maximum absolute atomic E-state index is 13.5. The van der Waals surface area contributed by atoms with Crippen LogP contribution in [-0.4, -0.2) is 60.1 Å². The Balaban J connectivity index is 1.44. The number of Topliss-reactive ketones (excluding diaryl/α,β-unsaturated/α-hetero) is 1. The third-order valence-electron chi connectivity index (χ3n) is 5.67. The maximum Gasteiger partial charge on any atom is 0.195 e. The number of carbonyl (C=O) groups excluding carboxylic acids is 1. The van der Waals surface area contributed by atoms with E-state index in [0.29, 0.717) is 23.5 Å². The van der Waals surface area contributed by atoms with E-state index >= 15 is 0 Å². The number of benzene rings is 2. The summed E-state index contributed by atoms with van der Waals surface area (Å²) in [5.74, 6) is 0.681. The van der Waals surface area contributed by atoms with E-state index in [4.69, 9.17) is 9.47 Å². The van der Waals surface area contributed by atoms with Crippen LogP contribution in [0.1, 0.15) is 27.0 Å². The molecule has 0 bridgehead atoms. The lowest BCUT2D eigenvalue weighted by Crippen LogP contribution is -2.38. The van der Waals surface area contributed by atoms with Crippen LogP contribution in [0.15, 0.2) is 67.3 Å². The van der Waals surface area contributed by atoms with Crippen molar-refractivity contribution in [1.82, 2.24) is 14.9 Å². The molecule has 1 aliphatic carbocycles. The molecule has 1 aliphatic heterocycles. The van der Waals surface area contributed by atoms with Crippen LogP contribution in [0.25, 0.3) is 11.1 Å². The molecule has 1 aromatic heterocycles. The predicted octanol–water partition coefficient (Wildman–Crippen LogP) is 3.34. The van der Waals surface area contributed by atoms with Gasteiger partial charge in [0.1, 0.15) is 18.7 Å². The van der Waals surface area contributed by atoms with E-state index < -0.39 is 0 Å². The van der Waals surface area contributed by atoms with Gasteiger partial charge < -0.3 is 9.47 Å². The Labute approximate surface area is 181 Å². The molecule has 6 heteroatoms. The summed E-state index contributed by atoms with van der Waals surface area (Å²) in [6.07, 6.45) is 4.85. The summed E-state index contributed by atoms with van der Waals surface area (Å²) in [5.41, 5.74) is 4.83. The zero-order chi connectivity index (χ0) is 21.0. The summed E-state index contributed by atoms with van der Waals surface area (Å²) in [6, 6.07) is 15.8. The molecule has 156 valence electrons. The second-order valence-corrected chi connectivity index (χ2v) is 7.58. The van der Waals surface area contributed by atoms with E-state index in [-0.39, 0.29) is 5.78 Å². The summed E-state index contributed by atoms with van der Waals surface area (Å²) in [5, 5.41) is 0. The minimum Gasteiger partial charge on any atom is -0.492 e. The first kappa shape index (κ1) is 19.6. The molecule has 0 N–H and O–H groups in total. The van der Waals surface area contributed by atoms with Gasteiger partial charge in [-0.3, -0.25) is 9.69 Å². The van der Waals surface area contributed by atoms with E-state index in [1.165, 1.54) is 6.33 Å². The monoisotopic (exact) mass is 413 g/mol. The Bertz CT molecular complexity index is 1110. The van der Waals surface area contributed by atoms with E-state index in [1.54, 1.807) is 12.4 Å².